The van der Waals surface area contributed by atoms with Crippen LogP contribution in [-0.2, 0) is 5.54 Å². The third kappa shape index (κ3) is 3.99. The Hall–Kier alpha value is -3.16. The molecule has 2 heterocycles. The molecule has 0 atom stereocenters. The predicted molar refractivity (Wildman–Crippen MR) is 103 cm³/mol. The third-order valence-corrected chi connectivity index (χ3v) is 4.62. The number of halogens is 1. The molecule has 2 aromatic heterocycles. The van der Waals surface area contributed by atoms with Gasteiger partial charge in [0, 0.05) is 23.7 Å². The molecular formula is C19H22FN7. The topological polar surface area (TPSA) is 105 Å². The van der Waals surface area contributed by atoms with Crippen molar-refractivity contribution in [1.29, 1.82) is 0 Å². The lowest BCUT2D eigenvalue weighted by Crippen LogP contribution is -2.28. The maximum Gasteiger partial charge on any atom is 0.223 e. The van der Waals surface area contributed by atoms with Gasteiger partial charge in [0.2, 0.25) is 5.95 Å². The lowest BCUT2D eigenvalue weighted by molar-refractivity contribution is 0.595. The molecule has 0 aliphatic heterocycles. The van der Waals surface area contributed by atoms with E-state index in [1.165, 1.54) is 25.0 Å². The average Bonchev–Trinajstić information content (AvgIpc) is 3.34. The minimum atomic E-state index is -0.475. The van der Waals surface area contributed by atoms with Crippen LogP contribution >= 0.6 is 0 Å². The van der Waals surface area contributed by atoms with Gasteiger partial charge in [0.25, 0.3) is 0 Å². The normalized spacial score (nSPS) is 14.2. The Kier molecular flexibility index (Phi) is 4.18. The lowest BCUT2D eigenvalue weighted by atomic mass is 9.94. The van der Waals surface area contributed by atoms with Crippen LogP contribution < -0.4 is 16.4 Å². The molecule has 1 saturated carbocycles. The van der Waals surface area contributed by atoms with Crippen molar-refractivity contribution in [2.45, 2.75) is 38.1 Å². The molecule has 0 bridgehead atoms. The van der Waals surface area contributed by atoms with E-state index in [0.29, 0.717) is 23.4 Å². The molecule has 5 N–H and O–H groups in total. The Morgan fingerprint density at radius 1 is 1.07 bits per heavy atom. The number of aromatic amines is 1. The number of benzene rings is 1. The van der Waals surface area contributed by atoms with E-state index in [-0.39, 0.29) is 11.8 Å². The molecule has 0 radical (unpaired) electrons. The summed E-state index contributed by atoms with van der Waals surface area (Å²) >= 11 is 0. The summed E-state index contributed by atoms with van der Waals surface area (Å²) in [6, 6.07) is 10.1. The van der Waals surface area contributed by atoms with Crippen LogP contribution in [0.4, 0.5) is 27.8 Å². The predicted octanol–water partition coefficient (Wildman–Crippen LogP) is 3.89. The summed E-state index contributed by atoms with van der Waals surface area (Å²) in [5.74, 6) is 2.29. The zero-order chi connectivity index (χ0) is 19.0. The van der Waals surface area contributed by atoms with Crippen LogP contribution in [-0.4, -0.2) is 20.2 Å². The number of hydrogen-bond donors (Lipinski definition) is 4. The van der Waals surface area contributed by atoms with Gasteiger partial charge in [-0.05, 0) is 44.4 Å². The van der Waals surface area contributed by atoms with Crippen LogP contribution in [0, 0.1) is 5.82 Å². The zero-order valence-corrected chi connectivity index (χ0v) is 15.3. The Morgan fingerprint density at radius 2 is 1.78 bits per heavy atom. The summed E-state index contributed by atoms with van der Waals surface area (Å²) in [4.78, 5) is 8.49. The number of rotatable bonds is 6. The first-order valence-corrected chi connectivity index (χ1v) is 8.90. The monoisotopic (exact) mass is 367 g/mol. The molecule has 27 heavy (non-hydrogen) atoms. The fourth-order valence-corrected chi connectivity index (χ4v) is 2.99. The van der Waals surface area contributed by atoms with Gasteiger partial charge in [-0.1, -0.05) is 12.1 Å². The smallest absolute Gasteiger partial charge is 0.223 e. The SMILES string of the molecule is CC(C)(Nc1cc(Nc2cc(C3CC3)[nH]n2)nc(N)n1)c1ccc(F)cc1. The second kappa shape index (κ2) is 6.53. The van der Waals surface area contributed by atoms with Crippen molar-refractivity contribution in [3.8, 4) is 0 Å². The first-order chi connectivity index (χ1) is 12.9. The van der Waals surface area contributed by atoms with E-state index in [1.54, 1.807) is 18.2 Å². The number of anilines is 4. The van der Waals surface area contributed by atoms with E-state index < -0.39 is 5.54 Å². The first-order valence-electron chi connectivity index (χ1n) is 8.90. The molecule has 0 unspecified atom stereocenters. The van der Waals surface area contributed by atoms with Crippen molar-refractivity contribution in [1.82, 2.24) is 20.2 Å². The highest BCUT2D eigenvalue weighted by molar-refractivity contribution is 5.59. The second-order valence-corrected chi connectivity index (χ2v) is 7.36. The molecule has 0 amide bonds. The highest BCUT2D eigenvalue weighted by atomic mass is 19.1. The maximum absolute atomic E-state index is 13.2. The van der Waals surface area contributed by atoms with Gasteiger partial charge in [-0.2, -0.15) is 15.1 Å². The molecule has 0 spiro atoms. The lowest BCUT2D eigenvalue weighted by Gasteiger charge is -2.27. The van der Waals surface area contributed by atoms with Crippen molar-refractivity contribution < 1.29 is 4.39 Å². The second-order valence-electron chi connectivity index (χ2n) is 7.36. The number of nitrogens with zero attached hydrogens (tertiary/aromatic N) is 3. The first kappa shape index (κ1) is 17.3. The highest BCUT2D eigenvalue weighted by Gasteiger charge is 2.25. The number of nitrogen functional groups attached to an aromatic ring is 1. The van der Waals surface area contributed by atoms with E-state index in [0.717, 1.165) is 11.3 Å². The summed E-state index contributed by atoms with van der Waals surface area (Å²) in [6.45, 7) is 3.97. The van der Waals surface area contributed by atoms with E-state index in [1.807, 2.05) is 19.9 Å². The van der Waals surface area contributed by atoms with Crippen LogP contribution in [0.25, 0.3) is 0 Å². The van der Waals surface area contributed by atoms with Crippen LogP contribution in [0.3, 0.4) is 0 Å². The molecule has 4 rings (SSSR count). The maximum atomic E-state index is 13.2. The summed E-state index contributed by atoms with van der Waals surface area (Å²) in [5, 5.41) is 13.8. The minimum absolute atomic E-state index is 0.148. The van der Waals surface area contributed by atoms with Crippen LogP contribution in [0.2, 0.25) is 0 Å². The van der Waals surface area contributed by atoms with Gasteiger partial charge >= 0.3 is 0 Å². The van der Waals surface area contributed by atoms with Gasteiger partial charge in [0.1, 0.15) is 17.5 Å². The summed E-state index contributed by atoms with van der Waals surface area (Å²) < 4.78 is 13.2. The van der Waals surface area contributed by atoms with Gasteiger partial charge in [0.05, 0.1) is 5.54 Å². The van der Waals surface area contributed by atoms with Gasteiger partial charge in [-0.3, -0.25) is 5.10 Å². The molecule has 1 aliphatic carbocycles. The van der Waals surface area contributed by atoms with Crippen molar-refractivity contribution in [2.24, 2.45) is 0 Å². The van der Waals surface area contributed by atoms with Crippen molar-refractivity contribution in [2.75, 3.05) is 16.4 Å². The Balaban J connectivity index is 1.53. The molecule has 7 nitrogen and oxygen atoms in total. The van der Waals surface area contributed by atoms with Crippen molar-refractivity contribution >= 4 is 23.4 Å². The average molecular weight is 367 g/mol. The quantitative estimate of drug-likeness (QED) is 0.527. The fourth-order valence-electron chi connectivity index (χ4n) is 2.99. The standard InChI is InChI=1S/C19H22FN7/c1-19(2,12-5-7-13(20)8-6-12)25-16-10-15(23-18(21)24-16)22-17-9-14(26-27-17)11-3-4-11/h5-11H,3-4H2,1-2H3,(H5,21,22,23,24,25,26,27). The highest BCUT2D eigenvalue weighted by Crippen LogP contribution is 2.39. The summed E-state index contributed by atoms with van der Waals surface area (Å²) in [5.41, 5.74) is 7.46. The van der Waals surface area contributed by atoms with Gasteiger partial charge in [-0.25, -0.2) is 4.39 Å². The number of hydrogen-bond acceptors (Lipinski definition) is 6. The van der Waals surface area contributed by atoms with Gasteiger partial charge in [0.15, 0.2) is 5.82 Å². The Bertz CT molecular complexity index is 945. The molecule has 1 aromatic carbocycles. The Morgan fingerprint density at radius 3 is 2.48 bits per heavy atom. The molecule has 140 valence electrons. The molecule has 3 aromatic rings. The van der Waals surface area contributed by atoms with E-state index in [2.05, 4.69) is 30.8 Å². The number of aromatic nitrogens is 4. The van der Waals surface area contributed by atoms with Crippen molar-refractivity contribution in [3.63, 3.8) is 0 Å². The van der Waals surface area contributed by atoms with Gasteiger partial charge in [-0.15, -0.1) is 0 Å². The van der Waals surface area contributed by atoms with Gasteiger partial charge < -0.3 is 16.4 Å². The molecule has 1 fully saturated rings. The van der Waals surface area contributed by atoms with Crippen LogP contribution in [0.1, 0.15) is 43.9 Å². The zero-order valence-electron chi connectivity index (χ0n) is 15.3. The van der Waals surface area contributed by atoms with Crippen LogP contribution in [0.5, 0.6) is 0 Å². The summed E-state index contributed by atoms with van der Waals surface area (Å²) in [6.07, 6.45) is 2.41. The summed E-state index contributed by atoms with van der Waals surface area (Å²) in [7, 11) is 0. The van der Waals surface area contributed by atoms with Crippen molar-refractivity contribution in [3.05, 3.63) is 53.5 Å². The van der Waals surface area contributed by atoms with Crippen LogP contribution in [0.15, 0.2) is 36.4 Å². The van der Waals surface area contributed by atoms with E-state index >= 15 is 0 Å². The molecular weight excluding hydrogens is 345 g/mol. The molecule has 0 saturated heterocycles. The largest absolute Gasteiger partial charge is 0.368 e. The number of H-pyrrole nitrogens is 1. The number of nitrogens with two attached hydrogens (primary N) is 1. The minimum Gasteiger partial charge on any atom is -0.368 e. The number of nitrogens with one attached hydrogen (secondary N) is 3. The van der Waals surface area contributed by atoms with E-state index in [9.17, 15) is 4.39 Å². The molecule has 8 heteroatoms. The Labute approximate surface area is 156 Å². The van der Waals surface area contributed by atoms with E-state index in [4.69, 9.17) is 5.73 Å². The molecule has 1 aliphatic rings. The third-order valence-electron chi connectivity index (χ3n) is 4.62. The fraction of sp³-hybridized carbons (Fsp3) is 0.316.